The number of aromatic amines is 1. The number of aromatic nitrogens is 4. The average Bonchev–Trinajstić information content (AvgIpc) is 2.93. The lowest BCUT2D eigenvalue weighted by molar-refractivity contribution is 0.921. The third-order valence-electron chi connectivity index (χ3n) is 2.18. The Morgan fingerprint density at radius 2 is 2.50 bits per heavy atom. The van der Waals surface area contributed by atoms with Crippen LogP contribution in [0, 0.1) is 0 Å². The van der Waals surface area contributed by atoms with E-state index in [2.05, 4.69) is 15.0 Å². The Balaban J connectivity index is 2.05. The highest BCUT2D eigenvalue weighted by molar-refractivity contribution is 7.99. The molecule has 7 heteroatoms. The molecule has 0 fully saturated rings. The number of fused-ring (bicyclic) bond motifs is 1. The number of rotatable bonds is 3. The zero-order chi connectivity index (χ0) is 11.0. The van der Waals surface area contributed by atoms with Crippen LogP contribution < -0.4 is 5.73 Å². The molecule has 0 radical (unpaired) electrons. The predicted molar refractivity (Wildman–Crippen MR) is 63.7 cm³/mol. The van der Waals surface area contributed by atoms with Gasteiger partial charge in [0.1, 0.15) is 5.03 Å². The summed E-state index contributed by atoms with van der Waals surface area (Å²) in [5.74, 6) is 0. The zero-order valence-electron chi connectivity index (χ0n) is 8.25. The van der Waals surface area contributed by atoms with Crippen molar-refractivity contribution in [2.45, 2.75) is 16.7 Å². The summed E-state index contributed by atoms with van der Waals surface area (Å²) in [5.41, 5.74) is 6.77. The lowest BCUT2D eigenvalue weighted by Crippen LogP contribution is -2.01. The first-order valence-electron chi connectivity index (χ1n) is 4.70. The number of nitrogens with two attached hydrogens (primary N) is 1. The predicted octanol–water partition coefficient (Wildman–Crippen LogP) is 1.73. The minimum absolute atomic E-state index is 0.473. The second-order valence-electron chi connectivity index (χ2n) is 3.12. The van der Waals surface area contributed by atoms with Crippen LogP contribution >= 0.6 is 23.1 Å². The minimum Gasteiger partial charge on any atom is -0.339 e. The molecule has 3 aromatic rings. The first-order chi connectivity index (χ1) is 7.88. The smallest absolute Gasteiger partial charge is 0.194 e. The van der Waals surface area contributed by atoms with Crippen LogP contribution in [0.2, 0.25) is 0 Å². The van der Waals surface area contributed by atoms with Crippen LogP contribution in [0.25, 0.3) is 4.96 Å². The summed E-state index contributed by atoms with van der Waals surface area (Å²) in [6.45, 7) is 0.473. The molecule has 3 aromatic heterocycles. The molecule has 0 aromatic carbocycles. The number of thiazole rings is 1. The topological polar surface area (TPSA) is 72.0 Å². The van der Waals surface area contributed by atoms with Gasteiger partial charge in [0.05, 0.1) is 5.69 Å². The summed E-state index contributed by atoms with van der Waals surface area (Å²) in [5, 5.41) is 3.76. The van der Waals surface area contributed by atoms with Crippen molar-refractivity contribution in [1.82, 2.24) is 19.4 Å². The Bertz CT molecular complexity index is 595. The fraction of sp³-hybridized carbons (Fsp3) is 0.111. The summed E-state index contributed by atoms with van der Waals surface area (Å²) in [6, 6.07) is 0. The van der Waals surface area contributed by atoms with Crippen LogP contribution in [0.15, 0.2) is 34.2 Å². The van der Waals surface area contributed by atoms with Gasteiger partial charge in [0.2, 0.25) is 0 Å². The number of nitrogens with zero attached hydrogens (tertiary/aromatic N) is 3. The van der Waals surface area contributed by atoms with Crippen LogP contribution in [0.4, 0.5) is 0 Å². The first kappa shape index (κ1) is 9.88. The van der Waals surface area contributed by atoms with Crippen molar-refractivity contribution in [2.24, 2.45) is 5.73 Å². The number of hydrogen-bond donors (Lipinski definition) is 2. The Kier molecular flexibility index (Phi) is 2.43. The van der Waals surface area contributed by atoms with Gasteiger partial charge in [-0.1, -0.05) is 0 Å². The second-order valence-corrected chi connectivity index (χ2v) is 4.97. The largest absolute Gasteiger partial charge is 0.339 e. The zero-order valence-corrected chi connectivity index (χ0v) is 9.88. The molecule has 0 bridgehead atoms. The normalized spacial score (nSPS) is 11.3. The average molecular weight is 251 g/mol. The Hall–Kier alpha value is -1.31. The van der Waals surface area contributed by atoms with E-state index in [0.717, 1.165) is 20.8 Å². The van der Waals surface area contributed by atoms with Gasteiger partial charge in [-0.3, -0.25) is 4.40 Å². The maximum atomic E-state index is 5.75. The molecule has 0 amide bonds. The minimum atomic E-state index is 0.473. The van der Waals surface area contributed by atoms with Crippen molar-refractivity contribution in [2.75, 3.05) is 0 Å². The molecule has 3 heterocycles. The van der Waals surface area contributed by atoms with Crippen molar-refractivity contribution in [3.63, 3.8) is 0 Å². The van der Waals surface area contributed by atoms with Crippen molar-refractivity contribution in [1.29, 1.82) is 0 Å². The second kappa shape index (κ2) is 3.93. The Labute approximate surface area is 99.7 Å². The summed E-state index contributed by atoms with van der Waals surface area (Å²) < 4.78 is 2.02. The maximum Gasteiger partial charge on any atom is 0.194 e. The van der Waals surface area contributed by atoms with Crippen LogP contribution in [0.1, 0.15) is 5.69 Å². The highest BCUT2D eigenvalue weighted by Gasteiger charge is 2.13. The van der Waals surface area contributed by atoms with Crippen LogP contribution in [0.3, 0.4) is 0 Å². The van der Waals surface area contributed by atoms with E-state index in [-0.39, 0.29) is 0 Å². The molecule has 0 atom stereocenters. The highest BCUT2D eigenvalue weighted by Crippen LogP contribution is 2.29. The van der Waals surface area contributed by atoms with Gasteiger partial charge in [-0.15, -0.1) is 11.3 Å². The molecular weight excluding hydrogens is 242 g/mol. The van der Waals surface area contributed by atoms with Crippen molar-refractivity contribution in [3.05, 3.63) is 29.7 Å². The molecule has 0 aliphatic heterocycles. The quantitative estimate of drug-likeness (QED) is 0.743. The number of imidazole rings is 2. The van der Waals surface area contributed by atoms with Crippen LogP contribution in [-0.2, 0) is 6.54 Å². The number of nitrogens with one attached hydrogen (secondary N) is 1. The molecule has 5 nitrogen and oxygen atoms in total. The summed E-state index contributed by atoms with van der Waals surface area (Å²) in [4.78, 5) is 12.7. The van der Waals surface area contributed by atoms with Gasteiger partial charge in [0.15, 0.2) is 10.1 Å². The van der Waals surface area contributed by atoms with Gasteiger partial charge >= 0.3 is 0 Å². The lowest BCUT2D eigenvalue weighted by Gasteiger charge is -1.97. The summed E-state index contributed by atoms with van der Waals surface area (Å²) in [6.07, 6.45) is 5.51. The fourth-order valence-corrected chi connectivity index (χ4v) is 3.12. The monoisotopic (exact) mass is 251 g/mol. The molecule has 0 aliphatic rings. The molecule has 0 saturated heterocycles. The molecule has 0 unspecified atom stereocenters. The van der Waals surface area contributed by atoms with Gasteiger partial charge in [-0.2, -0.15) is 0 Å². The molecular formula is C9H9N5S2. The van der Waals surface area contributed by atoms with Gasteiger partial charge in [0, 0.05) is 30.5 Å². The van der Waals surface area contributed by atoms with Gasteiger partial charge in [-0.05, 0) is 11.8 Å². The molecule has 16 heavy (non-hydrogen) atoms. The van der Waals surface area contributed by atoms with Crippen LogP contribution in [0.5, 0.6) is 0 Å². The van der Waals surface area contributed by atoms with Crippen molar-refractivity contribution >= 4 is 28.1 Å². The molecule has 82 valence electrons. The van der Waals surface area contributed by atoms with Crippen molar-refractivity contribution in [3.8, 4) is 0 Å². The van der Waals surface area contributed by atoms with E-state index in [1.807, 2.05) is 16.0 Å². The lowest BCUT2D eigenvalue weighted by atomic mass is 10.5. The third-order valence-corrected chi connectivity index (χ3v) is 3.88. The maximum absolute atomic E-state index is 5.75. The van der Waals surface area contributed by atoms with E-state index in [9.17, 15) is 0 Å². The molecule has 0 saturated carbocycles. The van der Waals surface area contributed by atoms with Crippen molar-refractivity contribution < 1.29 is 0 Å². The molecule has 0 spiro atoms. The number of hydrogen-bond acceptors (Lipinski definition) is 5. The van der Waals surface area contributed by atoms with Gasteiger partial charge in [0.25, 0.3) is 0 Å². The van der Waals surface area contributed by atoms with Crippen LogP contribution in [-0.4, -0.2) is 19.4 Å². The van der Waals surface area contributed by atoms with E-state index >= 15 is 0 Å². The van der Waals surface area contributed by atoms with E-state index in [0.29, 0.717) is 6.54 Å². The van der Waals surface area contributed by atoms with Gasteiger partial charge < -0.3 is 10.7 Å². The Morgan fingerprint density at radius 1 is 1.56 bits per heavy atom. The standard InChI is InChI=1S/C9H9N5S2/c10-5-6-7(16-8-11-1-2-12-8)13-9-14(6)3-4-15-9/h1-4H,5,10H2,(H,11,12). The Morgan fingerprint density at radius 3 is 3.25 bits per heavy atom. The fourth-order valence-electron chi connectivity index (χ4n) is 1.48. The third kappa shape index (κ3) is 1.53. The molecule has 3 rings (SSSR count). The first-order valence-corrected chi connectivity index (χ1v) is 6.40. The molecule has 0 aliphatic carbocycles. The summed E-state index contributed by atoms with van der Waals surface area (Å²) >= 11 is 3.11. The number of H-pyrrole nitrogens is 1. The SMILES string of the molecule is NCc1c(Sc2ncc[nH]2)nc2sccn12. The van der Waals surface area contributed by atoms with E-state index in [1.165, 1.54) is 11.8 Å². The molecule has 3 N–H and O–H groups in total. The van der Waals surface area contributed by atoms with E-state index < -0.39 is 0 Å². The highest BCUT2D eigenvalue weighted by atomic mass is 32.2. The summed E-state index contributed by atoms with van der Waals surface area (Å²) in [7, 11) is 0. The van der Waals surface area contributed by atoms with Gasteiger partial charge in [-0.25, -0.2) is 9.97 Å². The van der Waals surface area contributed by atoms with E-state index in [4.69, 9.17) is 5.73 Å². The van der Waals surface area contributed by atoms with E-state index in [1.54, 1.807) is 23.7 Å².